The van der Waals surface area contributed by atoms with Crippen LogP contribution in [0.1, 0.15) is 115 Å². The maximum Gasteiger partial charge on any atom is 0.410 e. The van der Waals surface area contributed by atoms with Crippen LogP contribution in [-0.2, 0) is 9.47 Å². The zero-order chi connectivity index (χ0) is 35.1. The van der Waals surface area contributed by atoms with E-state index in [0.717, 1.165) is 90.1 Å². The van der Waals surface area contributed by atoms with Gasteiger partial charge in [-0.2, -0.15) is 0 Å². The highest BCUT2D eigenvalue weighted by Gasteiger charge is 2.56. The summed E-state index contributed by atoms with van der Waals surface area (Å²) in [5.41, 5.74) is 4.75. The van der Waals surface area contributed by atoms with E-state index in [2.05, 4.69) is 21.8 Å². The summed E-state index contributed by atoms with van der Waals surface area (Å²) in [5.74, 6) is 8.20. The van der Waals surface area contributed by atoms with Crippen molar-refractivity contribution >= 4 is 23.2 Å². The fourth-order valence-corrected chi connectivity index (χ4v) is 7.50. The van der Waals surface area contributed by atoms with Crippen molar-refractivity contribution < 1.29 is 19.1 Å². The second-order valence-electron chi connectivity index (χ2n) is 17.0. The van der Waals surface area contributed by atoms with Gasteiger partial charge >= 0.3 is 12.2 Å². The number of aromatic nitrogens is 4. The van der Waals surface area contributed by atoms with E-state index >= 15 is 0 Å². The smallest absolute Gasteiger partial charge is 0.410 e. The number of hydrogen-bond acceptors (Lipinski definition) is 6. The van der Waals surface area contributed by atoms with Crippen LogP contribution < -0.4 is 0 Å². The Hall–Kier alpha value is -4.78. The Morgan fingerprint density at radius 1 is 0.760 bits per heavy atom. The van der Waals surface area contributed by atoms with Gasteiger partial charge in [0.2, 0.25) is 0 Å². The molecule has 4 aromatic rings. The first-order chi connectivity index (χ1) is 23.7. The van der Waals surface area contributed by atoms with E-state index in [9.17, 15) is 9.59 Å². The van der Waals surface area contributed by atoms with Crippen LogP contribution in [0.15, 0.2) is 48.7 Å². The third-order valence-electron chi connectivity index (χ3n) is 10.5. The number of rotatable bonds is 3. The molecule has 2 saturated heterocycles. The lowest BCUT2D eigenvalue weighted by molar-refractivity contribution is 0.0202. The van der Waals surface area contributed by atoms with Crippen molar-refractivity contribution in [2.75, 3.05) is 13.1 Å². The first-order valence-electron chi connectivity index (χ1n) is 17.8. The van der Waals surface area contributed by atoms with Crippen molar-refractivity contribution in [3.63, 3.8) is 0 Å². The summed E-state index contributed by atoms with van der Waals surface area (Å²) >= 11 is 0. The maximum absolute atomic E-state index is 13.1. The van der Waals surface area contributed by atoms with Crippen molar-refractivity contribution in [3.8, 4) is 23.1 Å². The molecule has 2 spiro atoms. The third-order valence-corrected chi connectivity index (χ3v) is 10.5. The summed E-state index contributed by atoms with van der Waals surface area (Å²) in [6.07, 6.45) is 7.68. The number of ether oxygens (including phenoxy) is 2. The number of benzene rings is 2. The molecular formula is C40H46N6O4. The van der Waals surface area contributed by atoms with E-state index in [0.29, 0.717) is 6.54 Å². The number of hydrogen-bond donors (Lipinski definition) is 2. The molecule has 2 atom stereocenters. The average Bonchev–Trinajstić information content (AvgIpc) is 3.65. The molecule has 10 nitrogen and oxygen atoms in total. The van der Waals surface area contributed by atoms with Gasteiger partial charge in [0.1, 0.15) is 22.9 Å². The fourth-order valence-electron chi connectivity index (χ4n) is 7.50. The number of nitrogens with zero attached hydrogens (tertiary/aromatic N) is 4. The van der Waals surface area contributed by atoms with E-state index in [4.69, 9.17) is 19.4 Å². The van der Waals surface area contributed by atoms with Crippen LogP contribution in [0.4, 0.5) is 9.59 Å². The van der Waals surface area contributed by atoms with Crippen molar-refractivity contribution in [2.45, 2.75) is 103 Å². The number of aromatic amines is 2. The van der Waals surface area contributed by atoms with Gasteiger partial charge < -0.3 is 19.4 Å². The standard InChI is InChI=1S/C40H46N6O4/c1-37(2,3)49-35(47)45-23-39(15-16-39)20-31(45)33-41-22-30(44-33)27-12-9-25(10-13-27)7-8-26-11-14-28-29(19-26)43-34(42-28)32-21-40(17-18-40)24-46(32)36(48)50-38(4,5)6/h9-14,19,22,31-32H,15-18,20-21,23-24H2,1-6H3,(H,41,44)(H,42,43)/t31-,32?/m0/s1. The molecule has 4 heterocycles. The van der Waals surface area contributed by atoms with E-state index < -0.39 is 11.2 Å². The zero-order valence-corrected chi connectivity index (χ0v) is 29.9. The van der Waals surface area contributed by atoms with Crippen molar-refractivity contribution in [1.82, 2.24) is 29.7 Å². The Balaban J connectivity index is 0.958. The largest absolute Gasteiger partial charge is 0.444 e. The molecule has 50 heavy (non-hydrogen) atoms. The summed E-state index contributed by atoms with van der Waals surface area (Å²) in [6.45, 7) is 12.8. The monoisotopic (exact) mass is 674 g/mol. The normalized spacial score (nSPS) is 21.8. The Morgan fingerprint density at radius 2 is 1.30 bits per heavy atom. The lowest BCUT2D eigenvalue weighted by atomic mass is 10.0. The first kappa shape index (κ1) is 32.4. The lowest BCUT2D eigenvalue weighted by Gasteiger charge is -2.27. The molecule has 2 aromatic carbocycles. The molecule has 8 rings (SSSR count). The number of carbonyl (C=O) groups excluding carboxylic acids is 2. The van der Waals surface area contributed by atoms with Crippen LogP contribution in [0.3, 0.4) is 0 Å². The Bertz CT molecular complexity index is 2030. The molecule has 4 aliphatic rings. The highest BCUT2D eigenvalue weighted by molar-refractivity contribution is 5.78. The minimum atomic E-state index is -0.549. The van der Waals surface area contributed by atoms with Gasteiger partial charge in [0.25, 0.3) is 0 Å². The van der Waals surface area contributed by atoms with Crippen LogP contribution in [0.5, 0.6) is 0 Å². The molecule has 4 fully saturated rings. The van der Waals surface area contributed by atoms with Crippen molar-refractivity contribution in [3.05, 3.63) is 71.4 Å². The summed E-state index contributed by atoms with van der Waals surface area (Å²) in [5, 5.41) is 0. The lowest BCUT2D eigenvalue weighted by Crippen LogP contribution is -2.37. The first-order valence-corrected chi connectivity index (χ1v) is 17.8. The van der Waals surface area contributed by atoms with Gasteiger partial charge in [-0.25, -0.2) is 19.6 Å². The number of imidazole rings is 2. The SMILES string of the molecule is CC(C)(C)OC(=O)N1CC2(CC2)CC1c1nc2ccc(C#Cc3ccc(-c4cnc([C@@H]5CC6(CC6)CN5C(=O)OC(C)(C)C)[nH]4)cc3)cc2[nH]1. The third kappa shape index (κ3) is 6.58. The molecule has 1 unspecified atom stereocenters. The molecule has 0 radical (unpaired) electrons. The number of likely N-dealkylation sites (tertiary alicyclic amines) is 2. The number of H-pyrrole nitrogens is 2. The molecule has 2 N–H and O–H groups in total. The van der Waals surface area contributed by atoms with Gasteiger partial charge in [-0.15, -0.1) is 0 Å². The van der Waals surface area contributed by atoms with E-state index in [1.54, 1.807) is 0 Å². The predicted molar refractivity (Wildman–Crippen MR) is 190 cm³/mol. The van der Waals surface area contributed by atoms with Crippen LogP contribution >= 0.6 is 0 Å². The Morgan fingerprint density at radius 3 is 1.86 bits per heavy atom. The molecule has 2 aromatic heterocycles. The Kier molecular flexibility index (Phi) is 7.38. The van der Waals surface area contributed by atoms with Crippen LogP contribution in [0.25, 0.3) is 22.3 Å². The molecule has 10 heteroatoms. The van der Waals surface area contributed by atoms with Gasteiger partial charge in [-0.3, -0.25) is 9.80 Å². The summed E-state index contributed by atoms with van der Waals surface area (Å²) in [7, 11) is 0. The highest BCUT2D eigenvalue weighted by Crippen LogP contribution is 2.59. The second kappa shape index (κ2) is 11.4. The molecular weight excluding hydrogens is 628 g/mol. The number of nitrogens with one attached hydrogen (secondary N) is 2. The number of carbonyl (C=O) groups is 2. The van der Waals surface area contributed by atoms with Crippen LogP contribution in [-0.4, -0.2) is 66.2 Å². The van der Waals surface area contributed by atoms with Gasteiger partial charge in [-0.05, 0) is 127 Å². The van der Waals surface area contributed by atoms with Gasteiger partial charge in [0.05, 0.1) is 35.0 Å². The average molecular weight is 675 g/mol. The maximum atomic E-state index is 13.1. The molecule has 2 aliphatic carbocycles. The fraction of sp³-hybridized carbons (Fsp3) is 0.500. The van der Waals surface area contributed by atoms with E-state index in [1.165, 1.54) is 0 Å². The van der Waals surface area contributed by atoms with Crippen molar-refractivity contribution in [2.24, 2.45) is 10.8 Å². The highest BCUT2D eigenvalue weighted by atomic mass is 16.6. The minimum absolute atomic E-state index is 0.119. The second-order valence-corrected chi connectivity index (χ2v) is 17.0. The molecule has 0 bridgehead atoms. The topological polar surface area (TPSA) is 116 Å². The minimum Gasteiger partial charge on any atom is -0.444 e. The summed E-state index contributed by atoms with van der Waals surface area (Å²) in [4.78, 5) is 46.5. The quantitative estimate of drug-likeness (QED) is 0.211. The van der Waals surface area contributed by atoms with Crippen molar-refractivity contribution in [1.29, 1.82) is 0 Å². The molecule has 2 aliphatic heterocycles. The molecule has 2 amide bonds. The van der Waals surface area contributed by atoms with E-state index in [-0.39, 0.29) is 35.1 Å². The molecule has 260 valence electrons. The summed E-state index contributed by atoms with van der Waals surface area (Å²) < 4.78 is 11.5. The van der Waals surface area contributed by atoms with Gasteiger partial charge in [0, 0.05) is 24.2 Å². The molecule has 2 saturated carbocycles. The summed E-state index contributed by atoms with van der Waals surface area (Å²) in [6, 6.07) is 13.8. The van der Waals surface area contributed by atoms with Crippen LogP contribution in [0.2, 0.25) is 0 Å². The number of fused-ring (bicyclic) bond motifs is 1. The van der Waals surface area contributed by atoms with Gasteiger partial charge in [0.15, 0.2) is 0 Å². The van der Waals surface area contributed by atoms with Crippen LogP contribution in [0, 0.1) is 22.7 Å². The van der Waals surface area contributed by atoms with E-state index in [1.807, 2.05) is 100 Å². The number of amides is 2. The predicted octanol–water partition coefficient (Wildman–Crippen LogP) is 8.28. The van der Waals surface area contributed by atoms with Gasteiger partial charge in [-0.1, -0.05) is 24.0 Å². The Labute approximate surface area is 293 Å². The zero-order valence-electron chi connectivity index (χ0n) is 29.9.